The fourth-order valence-corrected chi connectivity index (χ4v) is 2.31. The van der Waals surface area contributed by atoms with Crippen LogP contribution in [0.5, 0.6) is 0 Å². The van der Waals surface area contributed by atoms with E-state index < -0.39 is 6.10 Å². The second kappa shape index (κ2) is 6.55. The van der Waals surface area contributed by atoms with Crippen LogP contribution in [0.2, 0.25) is 0 Å². The third kappa shape index (κ3) is 3.70. The molecule has 4 heteroatoms. The summed E-state index contributed by atoms with van der Waals surface area (Å²) in [4.78, 5) is 0. The summed E-state index contributed by atoms with van der Waals surface area (Å²) in [6.45, 7) is 5.39. The molecule has 96 valence electrons. The predicted molar refractivity (Wildman–Crippen MR) is 63.4 cm³/mol. The van der Waals surface area contributed by atoms with Crippen molar-refractivity contribution in [3.05, 3.63) is 0 Å². The topological polar surface area (TPSA) is 61.7 Å². The highest BCUT2D eigenvalue weighted by Gasteiger charge is 2.34. The van der Waals surface area contributed by atoms with E-state index in [-0.39, 0.29) is 12.2 Å². The molecular weight excluding hydrogens is 206 g/mol. The molecule has 0 aromatic rings. The SMILES string of the molecule is CCC1(CC)CC(NCC(O)CO)CCO1. The second-order valence-corrected chi connectivity index (χ2v) is 4.67. The van der Waals surface area contributed by atoms with Crippen molar-refractivity contribution in [3.8, 4) is 0 Å². The Labute approximate surface area is 98.0 Å². The average molecular weight is 231 g/mol. The smallest absolute Gasteiger partial charge is 0.0895 e. The second-order valence-electron chi connectivity index (χ2n) is 4.67. The number of rotatable bonds is 6. The molecule has 0 saturated carbocycles. The first-order valence-corrected chi connectivity index (χ1v) is 6.32. The van der Waals surface area contributed by atoms with Gasteiger partial charge in [-0.25, -0.2) is 0 Å². The lowest BCUT2D eigenvalue weighted by Gasteiger charge is -2.40. The van der Waals surface area contributed by atoms with E-state index in [1.807, 2.05) is 0 Å². The molecule has 0 radical (unpaired) electrons. The van der Waals surface area contributed by atoms with Crippen molar-refractivity contribution < 1.29 is 14.9 Å². The average Bonchev–Trinajstić information content (AvgIpc) is 2.36. The number of ether oxygens (including phenoxy) is 1. The summed E-state index contributed by atoms with van der Waals surface area (Å²) in [5.41, 5.74) is 0.0140. The molecule has 0 aliphatic carbocycles. The third-order valence-corrected chi connectivity index (χ3v) is 3.63. The van der Waals surface area contributed by atoms with Crippen molar-refractivity contribution in [2.75, 3.05) is 19.8 Å². The molecule has 1 aliphatic heterocycles. The minimum atomic E-state index is -0.652. The van der Waals surface area contributed by atoms with Crippen LogP contribution >= 0.6 is 0 Å². The van der Waals surface area contributed by atoms with Gasteiger partial charge >= 0.3 is 0 Å². The summed E-state index contributed by atoms with van der Waals surface area (Å²) < 4.78 is 5.88. The third-order valence-electron chi connectivity index (χ3n) is 3.63. The van der Waals surface area contributed by atoms with Gasteiger partial charge in [0.25, 0.3) is 0 Å². The fourth-order valence-electron chi connectivity index (χ4n) is 2.31. The molecule has 3 N–H and O–H groups in total. The highest BCUT2D eigenvalue weighted by molar-refractivity contribution is 4.88. The highest BCUT2D eigenvalue weighted by Crippen LogP contribution is 2.31. The molecule has 2 atom stereocenters. The maximum atomic E-state index is 9.29. The predicted octanol–water partition coefficient (Wildman–Crippen LogP) is 0.667. The van der Waals surface area contributed by atoms with E-state index in [1.54, 1.807) is 0 Å². The normalized spacial score (nSPS) is 26.6. The lowest BCUT2D eigenvalue weighted by Crippen LogP contribution is -2.48. The van der Waals surface area contributed by atoms with Crippen LogP contribution in [-0.4, -0.2) is 47.7 Å². The highest BCUT2D eigenvalue weighted by atomic mass is 16.5. The quantitative estimate of drug-likeness (QED) is 0.628. The lowest BCUT2D eigenvalue weighted by molar-refractivity contribution is -0.0939. The maximum Gasteiger partial charge on any atom is 0.0895 e. The van der Waals surface area contributed by atoms with E-state index in [2.05, 4.69) is 19.2 Å². The Balaban J connectivity index is 2.38. The molecule has 1 fully saturated rings. The van der Waals surface area contributed by atoms with Gasteiger partial charge in [0, 0.05) is 19.2 Å². The molecule has 1 heterocycles. The molecule has 0 amide bonds. The van der Waals surface area contributed by atoms with E-state index in [1.165, 1.54) is 0 Å². The number of nitrogens with one attached hydrogen (secondary N) is 1. The van der Waals surface area contributed by atoms with Gasteiger partial charge < -0.3 is 20.3 Å². The fraction of sp³-hybridized carbons (Fsp3) is 1.00. The number of aliphatic hydroxyl groups is 2. The molecule has 2 unspecified atom stereocenters. The van der Waals surface area contributed by atoms with Crippen molar-refractivity contribution in [1.29, 1.82) is 0 Å². The van der Waals surface area contributed by atoms with Crippen LogP contribution in [0, 0.1) is 0 Å². The van der Waals surface area contributed by atoms with Crippen LogP contribution in [0.15, 0.2) is 0 Å². The Bertz CT molecular complexity index is 195. The van der Waals surface area contributed by atoms with Gasteiger partial charge in [-0.15, -0.1) is 0 Å². The van der Waals surface area contributed by atoms with Crippen LogP contribution in [0.4, 0.5) is 0 Å². The van der Waals surface area contributed by atoms with E-state index in [0.29, 0.717) is 12.6 Å². The standard InChI is InChI=1S/C12H25NO3/c1-3-12(4-2)7-10(5-6-16-12)13-8-11(15)9-14/h10-11,13-15H,3-9H2,1-2H3. The molecule has 1 saturated heterocycles. The molecule has 0 bridgehead atoms. The zero-order valence-corrected chi connectivity index (χ0v) is 10.4. The summed E-state index contributed by atoms with van der Waals surface area (Å²) in [6, 6.07) is 0.398. The van der Waals surface area contributed by atoms with Gasteiger partial charge in [-0.2, -0.15) is 0 Å². The summed E-state index contributed by atoms with van der Waals surface area (Å²) in [6.07, 6.45) is 3.40. The summed E-state index contributed by atoms with van der Waals surface area (Å²) in [7, 11) is 0. The Hall–Kier alpha value is -0.160. The van der Waals surface area contributed by atoms with Gasteiger partial charge in [-0.05, 0) is 25.7 Å². The van der Waals surface area contributed by atoms with Crippen molar-refractivity contribution >= 4 is 0 Å². The van der Waals surface area contributed by atoms with E-state index >= 15 is 0 Å². The molecule has 1 aliphatic rings. The van der Waals surface area contributed by atoms with Crippen molar-refractivity contribution in [1.82, 2.24) is 5.32 Å². The van der Waals surface area contributed by atoms with E-state index in [0.717, 1.165) is 32.3 Å². The van der Waals surface area contributed by atoms with Gasteiger partial charge in [-0.1, -0.05) is 13.8 Å². The van der Waals surface area contributed by atoms with E-state index in [9.17, 15) is 5.11 Å². The Morgan fingerprint density at radius 1 is 1.44 bits per heavy atom. The number of hydrogen-bond acceptors (Lipinski definition) is 4. The first-order chi connectivity index (χ1) is 7.65. The molecular formula is C12H25NO3. The van der Waals surface area contributed by atoms with Crippen LogP contribution in [0.1, 0.15) is 39.5 Å². The molecule has 4 nitrogen and oxygen atoms in total. The maximum absolute atomic E-state index is 9.29. The molecule has 16 heavy (non-hydrogen) atoms. The number of hydrogen-bond donors (Lipinski definition) is 3. The minimum absolute atomic E-state index is 0.0140. The largest absolute Gasteiger partial charge is 0.394 e. The summed E-state index contributed by atoms with van der Waals surface area (Å²) >= 11 is 0. The van der Waals surface area contributed by atoms with E-state index in [4.69, 9.17) is 9.84 Å². The van der Waals surface area contributed by atoms with Gasteiger partial charge in [0.1, 0.15) is 0 Å². The Morgan fingerprint density at radius 3 is 2.69 bits per heavy atom. The summed E-state index contributed by atoms with van der Waals surface area (Å²) in [5.74, 6) is 0. The minimum Gasteiger partial charge on any atom is -0.394 e. The van der Waals surface area contributed by atoms with Gasteiger partial charge in [-0.3, -0.25) is 0 Å². The molecule has 0 spiro atoms. The van der Waals surface area contributed by atoms with Gasteiger partial charge in [0.05, 0.1) is 18.3 Å². The van der Waals surface area contributed by atoms with Crippen molar-refractivity contribution in [2.45, 2.75) is 57.3 Å². The lowest BCUT2D eigenvalue weighted by atomic mass is 9.86. The van der Waals surface area contributed by atoms with Crippen LogP contribution in [-0.2, 0) is 4.74 Å². The molecule has 0 aromatic heterocycles. The Kier molecular flexibility index (Phi) is 5.69. The van der Waals surface area contributed by atoms with Crippen LogP contribution in [0.3, 0.4) is 0 Å². The van der Waals surface area contributed by atoms with Gasteiger partial charge in [0.15, 0.2) is 0 Å². The van der Waals surface area contributed by atoms with Crippen LogP contribution in [0.25, 0.3) is 0 Å². The zero-order valence-electron chi connectivity index (χ0n) is 10.4. The number of aliphatic hydroxyl groups excluding tert-OH is 2. The van der Waals surface area contributed by atoms with Gasteiger partial charge in [0.2, 0.25) is 0 Å². The molecule has 1 rings (SSSR count). The zero-order chi connectivity index (χ0) is 12.0. The van der Waals surface area contributed by atoms with Crippen molar-refractivity contribution in [3.63, 3.8) is 0 Å². The van der Waals surface area contributed by atoms with Crippen molar-refractivity contribution in [2.24, 2.45) is 0 Å². The summed E-state index contributed by atoms with van der Waals surface area (Å²) in [5, 5.41) is 21.3. The Morgan fingerprint density at radius 2 is 2.12 bits per heavy atom. The first-order valence-electron chi connectivity index (χ1n) is 6.32. The van der Waals surface area contributed by atoms with Crippen LogP contribution < -0.4 is 5.32 Å². The first kappa shape index (κ1) is 13.9. The molecule has 0 aromatic carbocycles. The monoisotopic (exact) mass is 231 g/mol.